The van der Waals surface area contributed by atoms with Gasteiger partial charge in [0.15, 0.2) is 5.76 Å². The van der Waals surface area contributed by atoms with Gasteiger partial charge in [-0.1, -0.05) is 36.4 Å². The van der Waals surface area contributed by atoms with Gasteiger partial charge in [-0.2, -0.15) is 0 Å². The average Bonchev–Trinajstić information content (AvgIpc) is 3.61. The number of carbonyl (C=O) groups excluding carboxylic acids is 3. The maximum absolute atomic E-state index is 13.6. The number of benzene rings is 2. The molecule has 0 bridgehead atoms. The van der Waals surface area contributed by atoms with E-state index in [0.29, 0.717) is 17.0 Å². The first kappa shape index (κ1) is 24.5. The summed E-state index contributed by atoms with van der Waals surface area (Å²) in [5, 5.41) is 5.46. The molecule has 8 nitrogen and oxygen atoms in total. The van der Waals surface area contributed by atoms with Crippen molar-refractivity contribution in [1.29, 1.82) is 0 Å². The van der Waals surface area contributed by atoms with Gasteiger partial charge in [0.1, 0.15) is 11.8 Å². The summed E-state index contributed by atoms with van der Waals surface area (Å²) in [5.41, 5.74) is 3.18. The van der Waals surface area contributed by atoms with E-state index in [1.807, 2.05) is 44.2 Å². The van der Waals surface area contributed by atoms with Crippen LogP contribution in [0.15, 0.2) is 94.2 Å². The van der Waals surface area contributed by atoms with Crippen LogP contribution in [0.3, 0.4) is 0 Å². The van der Waals surface area contributed by atoms with Crippen LogP contribution in [0.1, 0.15) is 39.0 Å². The lowest BCUT2D eigenvalue weighted by Gasteiger charge is -2.32. The first-order valence-electron chi connectivity index (χ1n) is 11.5. The molecule has 2 aromatic heterocycles. The lowest BCUT2D eigenvalue weighted by molar-refractivity contribution is -0.126. The van der Waals surface area contributed by atoms with Gasteiger partial charge in [-0.25, -0.2) is 0 Å². The molecule has 4 rings (SSSR count). The van der Waals surface area contributed by atoms with Crippen LogP contribution < -0.4 is 15.5 Å². The van der Waals surface area contributed by atoms with E-state index < -0.39 is 17.9 Å². The molecule has 4 aromatic rings. The number of rotatable bonds is 9. The maximum atomic E-state index is 13.6. The van der Waals surface area contributed by atoms with Crippen LogP contribution in [-0.4, -0.2) is 24.3 Å². The Balaban J connectivity index is 1.68. The number of hydrogen-bond donors (Lipinski definition) is 2. The van der Waals surface area contributed by atoms with Gasteiger partial charge in [0.05, 0.1) is 25.6 Å². The molecule has 8 heteroatoms. The summed E-state index contributed by atoms with van der Waals surface area (Å²) in [5.74, 6) is -0.685. The summed E-state index contributed by atoms with van der Waals surface area (Å²) in [6.07, 6.45) is 2.91. The van der Waals surface area contributed by atoms with E-state index in [1.165, 1.54) is 23.5 Å². The van der Waals surface area contributed by atoms with Crippen molar-refractivity contribution >= 4 is 23.4 Å². The Morgan fingerprint density at radius 2 is 1.58 bits per heavy atom. The summed E-state index contributed by atoms with van der Waals surface area (Å²) in [6.45, 7) is 3.74. The van der Waals surface area contributed by atoms with Crippen molar-refractivity contribution < 1.29 is 23.2 Å². The van der Waals surface area contributed by atoms with Crippen molar-refractivity contribution in [1.82, 2.24) is 10.6 Å². The van der Waals surface area contributed by atoms with Gasteiger partial charge in [0.25, 0.3) is 5.91 Å². The predicted molar refractivity (Wildman–Crippen MR) is 134 cm³/mol. The highest BCUT2D eigenvalue weighted by molar-refractivity contribution is 6.04. The van der Waals surface area contributed by atoms with E-state index >= 15 is 0 Å². The number of furan rings is 2. The molecule has 0 aliphatic heterocycles. The second-order valence-corrected chi connectivity index (χ2v) is 8.30. The molecule has 0 aliphatic carbocycles. The van der Waals surface area contributed by atoms with Crippen LogP contribution in [0.4, 0.5) is 5.69 Å². The minimum absolute atomic E-state index is 0.0938. The Morgan fingerprint density at radius 1 is 0.833 bits per heavy atom. The lowest BCUT2D eigenvalue weighted by atomic mass is 10.0. The van der Waals surface area contributed by atoms with Crippen molar-refractivity contribution in [2.75, 3.05) is 11.4 Å². The van der Waals surface area contributed by atoms with Crippen LogP contribution in [0.5, 0.6) is 0 Å². The molecule has 0 spiro atoms. The molecule has 2 aromatic carbocycles. The quantitative estimate of drug-likeness (QED) is 0.368. The van der Waals surface area contributed by atoms with Gasteiger partial charge in [0.2, 0.25) is 11.8 Å². The number of amides is 3. The molecule has 0 saturated heterocycles. The van der Waals surface area contributed by atoms with E-state index in [1.54, 1.807) is 36.4 Å². The van der Waals surface area contributed by atoms with E-state index in [9.17, 15) is 14.4 Å². The van der Waals surface area contributed by atoms with E-state index in [-0.39, 0.29) is 24.8 Å². The molecule has 1 atom stereocenters. The van der Waals surface area contributed by atoms with Crippen LogP contribution in [0, 0.1) is 13.8 Å². The molecule has 3 amide bonds. The smallest absolute Gasteiger partial charge is 0.287 e. The van der Waals surface area contributed by atoms with Gasteiger partial charge in [-0.05, 0) is 66.9 Å². The number of aryl methyl sites for hydroxylation is 2. The topological polar surface area (TPSA) is 105 Å². The zero-order valence-corrected chi connectivity index (χ0v) is 20.1. The minimum Gasteiger partial charge on any atom is -0.467 e. The standard InChI is InChI=1S/C28H27N3O5/c1-19-12-13-22(16-20(19)2)31(25(32)18-30-27(33)24-11-7-15-36-24)26(21-8-4-3-5-9-21)28(34)29-17-23-10-6-14-35-23/h3-16,26H,17-18H2,1-2H3,(H,29,34)(H,30,33). The third-order valence-electron chi connectivity index (χ3n) is 5.82. The van der Waals surface area contributed by atoms with Crippen LogP contribution in [-0.2, 0) is 16.1 Å². The molecule has 1 unspecified atom stereocenters. The monoisotopic (exact) mass is 485 g/mol. The molecule has 2 N–H and O–H groups in total. The van der Waals surface area contributed by atoms with Gasteiger partial charge >= 0.3 is 0 Å². The maximum Gasteiger partial charge on any atom is 0.287 e. The van der Waals surface area contributed by atoms with Crippen molar-refractivity contribution in [3.63, 3.8) is 0 Å². The SMILES string of the molecule is Cc1ccc(N(C(=O)CNC(=O)c2ccco2)C(C(=O)NCc2ccco2)c2ccccc2)cc1C. The molecule has 36 heavy (non-hydrogen) atoms. The van der Waals surface area contributed by atoms with E-state index in [0.717, 1.165) is 11.1 Å². The summed E-state index contributed by atoms with van der Waals surface area (Å²) < 4.78 is 10.5. The second kappa shape index (κ2) is 11.2. The largest absolute Gasteiger partial charge is 0.467 e. The third kappa shape index (κ3) is 5.72. The predicted octanol–water partition coefficient (Wildman–Crippen LogP) is 4.31. The summed E-state index contributed by atoms with van der Waals surface area (Å²) in [7, 11) is 0. The summed E-state index contributed by atoms with van der Waals surface area (Å²) in [4.78, 5) is 41.1. The molecule has 184 valence electrons. The fraction of sp³-hybridized carbons (Fsp3) is 0.179. The highest BCUT2D eigenvalue weighted by Crippen LogP contribution is 2.29. The molecular formula is C28H27N3O5. The zero-order chi connectivity index (χ0) is 25.5. The summed E-state index contributed by atoms with van der Waals surface area (Å²) in [6, 6.07) is 20.2. The minimum atomic E-state index is -0.990. The Kier molecular flexibility index (Phi) is 7.65. The van der Waals surface area contributed by atoms with E-state index in [4.69, 9.17) is 8.83 Å². The Labute approximate surface area is 208 Å². The number of anilines is 1. The number of nitrogens with one attached hydrogen (secondary N) is 2. The number of carbonyl (C=O) groups is 3. The first-order chi connectivity index (χ1) is 17.4. The van der Waals surface area contributed by atoms with Gasteiger partial charge in [-0.15, -0.1) is 0 Å². The highest BCUT2D eigenvalue weighted by atomic mass is 16.3. The van der Waals surface area contributed by atoms with Gasteiger partial charge < -0.3 is 19.5 Å². The third-order valence-corrected chi connectivity index (χ3v) is 5.82. The van der Waals surface area contributed by atoms with Crippen LogP contribution in [0.25, 0.3) is 0 Å². The van der Waals surface area contributed by atoms with Crippen LogP contribution >= 0.6 is 0 Å². The Bertz CT molecular complexity index is 1310. The molecule has 2 heterocycles. The molecule has 0 fully saturated rings. The van der Waals surface area contributed by atoms with Crippen molar-refractivity contribution in [3.05, 3.63) is 114 Å². The normalized spacial score (nSPS) is 11.5. The van der Waals surface area contributed by atoms with Gasteiger partial charge in [-0.3, -0.25) is 19.3 Å². The fourth-order valence-electron chi connectivity index (χ4n) is 3.79. The van der Waals surface area contributed by atoms with E-state index in [2.05, 4.69) is 10.6 Å². The second-order valence-electron chi connectivity index (χ2n) is 8.30. The molecular weight excluding hydrogens is 458 g/mol. The number of hydrogen-bond acceptors (Lipinski definition) is 5. The number of nitrogens with zero attached hydrogens (tertiary/aromatic N) is 1. The highest BCUT2D eigenvalue weighted by Gasteiger charge is 2.33. The first-order valence-corrected chi connectivity index (χ1v) is 11.5. The van der Waals surface area contributed by atoms with Crippen molar-refractivity contribution in [3.8, 4) is 0 Å². The molecule has 0 saturated carbocycles. The average molecular weight is 486 g/mol. The Hall–Kier alpha value is -4.59. The van der Waals surface area contributed by atoms with Crippen LogP contribution in [0.2, 0.25) is 0 Å². The van der Waals surface area contributed by atoms with Crippen molar-refractivity contribution in [2.24, 2.45) is 0 Å². The summed E-state index contributed by atoms with van der Waals surface area (Å²) >= 11 is 0. The lowest BCUT2D eigenvalue weighted by Crippen LogP contribution is -2.47. The molecule has 0 aliphatic rings. The zero-order valence-electron chi connectivity index (χ0n) is 20.1. The van der Waals surface area contributed by atoms with Crippen molar-refractivity contribution in [2.45, 2.75) is 26.4 Å². The fourth-order valence-corrected chi connectivity index (χ4v) is 3.79. The van der Waals surface area contributed by atoms with Gasteiger partial charge in [0, 0.05) is 5.69 Å². The Morgan fingerprint density at radius 3 is 2.25 bits per heavy atom. The molecule has 0 radical (unpaired) electrons.